The van der Waals surface area contributed by atoms with Crippen molar-refractivity contribution in [3.05, 3.63) is 110 Å². The smallest absolute Gasteiger partial charge is 0.340 e. The molecule has 1 aliphatic carbocycles. The highest BCUT2D eigenvalue weighted by Crippen LogP contribution is 2.42. The van der Waals surface area contributed by atoms with E-state index in [2.05, 4.69) is 33.5 Å². The summed E-state index contributed by atoms with van der Waals surface area (Å²) in [5, 5.41) is 23.3. The second kappa shape index (κ2) is 30.4. The Balaban J connectivity index is 0.000000239. The molecule has 0 saturated carbocycles. The van der Waals surface area contributed by atoms with Crippen LogP contribution in [0.3, 0.4) is 0 Å². The first-order chi connectivity index (χ1) is 36.9. The van der Waals surface area contributed by atoms with E-state index in [0.717, 1.165) is 59.7 Å². The van der Waals surface area contributed by atoms with Crippen molar-refractivity contribution < 1.29 is 57.4 Å². The number of amides is 8. The Hall–Kier alpha value is -8.14. The summed E-state index contributed by atoms with van der Waals surface area (Å²) in [5.74, 6) is -2.74. The van der Waals surface area contributed by atoms with E-state index < -0.39 is 29.9 Å². The molecule has 0 saturated heterocycles. The maximum atomic E-state index is 14.5. The highest BCUT2D eigenvalue weighted by molar-refractivity contribution is 6.12. The average Bonchev–Trinajstić information content (AvgIpc) is 3.98. The molecule has 2 aromatic heterocycles. The third-order valence-electron chi connectivity index (χ3n) is 12.6. The van der Waals surface area contributed by atoms with E-state index in [1.807, 2.05) is 44.2 Å². The van der Waals surface area contributed by atoms with Crippen LogP contribution in [0.4, 0.5) is 4.39 Å². The van der Waals surface area contributed by atoms with Crippen molar-refractivity contribution in [2.45, 2.75) is 111 Å². The van der Waals surface area contributed by atoms with Crippen LogP contribution in [0.1, 0.15) is 105 Å². The summed E-state index contributed by atoms with van der Waals surface area (Å²) in [4.78, 5) is 120. The number of cyclic esters (lactones) is 1. The Bertz CT molecular complexity index is 2870. The molecule has 6 N–H and O–H groups in total. The largest absolute Gasteiger partial charge is 0.458 e. The molecule has 8 amide bonds. The molecule has 2 atom stereocenters. The van der Waals surface area contributed by atoms with Gasteiger partial charge in [-0.1, -0.05) is 70.4 Å². The predicted molar refractivity (Wildman–Crippen MR) is 284 cm³/mol. The van der Waals surface area contributed by atoms with Crippen LogP contribution in [0, 0.1) is 12.7 Å². The Kier molecular flexibility index (Phi) is 24.3. The number of carbonyl (C=O) groups excluding carboxylic acids is 9. The lowest BCUT2D eigenvalue weighted by atomic mass is 9.85. The molecule has 4 aliphatic rings. The van der Waals surface area contributed by atoms with Gasteiger partial charge in [0.15, 0.2) is 6.10 Å². The number of aromatic nitrogens is 2. The standard InChI is InChI=1S/C22H17FN2O4.C16H22N4O4.C10H15NO2.C5H10N2O2.C2H6/c1-9-10-3-2-4-11-13-7-25-17(19(13)24-16(18(10)11)6-15(9)23)5-12-14(21(25)27)8-29-22(28)20(12)26;1-2-18-16(24)13(8-12-6-4-3-5-7-12)20-15(23)10-19-14(22)9-17-11-21;1-2-3-4-5-8-11-9(12)6-7-10(11)13;1-7(2)5(9)3-6-4-8;1-2/h5-6,20,26H,2-4,7-8H2,1H3;3-7,11,13H,2,8-10H2,1H3,(H,17,21)(H,18,24)(H,19,22)(H,20,23);6-7H,2-5,8H2,1H3;4H,3H2,1-2H3,(H,6,8);1-2H3. The van der Waals surface area contributed by atoms with Crippen LogP contribution in [0.2, 0.25) is 0 Å². The topological polar surface area (TPSA) is 285 Å². The van der Waals surface area contributed by atoms with Gasteiger partial charge in [0, 0.05) is 68.3 Å². The third kappa shape index (κ3) is 16.4. The van der Waals surface area contributed by atoms with E-state index >= 15 is 0 Å². The van der Waals surface area contributed by atoms with Crippen LogP contribution in [0.15, 0.2) is 59.4 Å². The monoisotopic (exact) mass is 1070 g/mol. The van der Waals surface area contributed by atoms with Crippen molar-refractivity contribution in [2.75, 3.05) is 46.8 Å². The van der Waals surface area contributed by atoms with Gasteiger partial charge >= 0.3 is 5.97 Å². The van der Waals surface area contributed by atoms with Crippen LogP contribution in [-0.4, -0.2) is 132 Å². The lowest BCUT2D eigenvalue weighted by Crippen LogP contribution is -2.51. The Morgan fingerprint density at radius 1 is 0.857 bits per heavy atom. The number of hydrogen-bond donors (Lipinski definition) is 6. The van der Waals surface area contributed by atoms with Crippen LogP contribution in [-0.2, 0) is 80.3 Å². The number of esters is 1. The number of pyridine rings is 2. The zero-order valence-corrected chi connectivity index (χ0v) is 44.7. The van der Waals surface area contributed by atoms with E-state index in [1.54, 1.807) is 38.6 Å². The summed E-state index contributed by atoms with van der Waals surface area (Å²) in [6.45, 7) is 10.6. The second-order valence-electron chi connectivity index (χ2n) is 18.0. The molecule has 22 heteroatoms. The van der Waals surface area contributed by atoms with Gasteiger partial charge in [-0.2, -0.15) is 0 Å². The van der Waals surface area contributed by atoms with Crippen LogP contribution in [0.25, 0.3) is 22.3 Å². The van der Waals surface area contributed by atoms with Crippen molar-refractivity contribution >= 4 is 65.1 Å². The Morgan fingerprint density at radius 2 is 1.52 bits per heavy atom. The van der Waals surface area contributed by atoms with Gasteiger partial charge in [-0.3, -0.25) is 48.1 Å². The van der Waals surface area contributed by atoms with Gasteiger partial charge in [-0.05, 0) is 67.9 Å². The van der Waals surface area contributed by atoms with Gasteiger partial charge in [0.1, 0.15) is 18.5 Å². The molecule has 0 radical (unpaired) electrons. The Labute approximate surface area is 446 Å². The number of ether oxygens (including phenoxy) is 1. The fourth-order valence-corrected chi connectivity index (χ4v) is 8.68. The molecule has 2 unspecified atom stereocenters. The van der Waals surface area contributed by atoms with Crippen molar-refractivity contribution in [3.63, 3.8) is 0 Å². The number of halogens is 1. The summed E-state index contributed by atoms with van der Waals surface area (Å²) >= 11 is 0. The van der Waals surface area contributed by atoms with Crippen molar-refractivity contribution in [1.82, 2.24) is 45.9 Å². The van der Waals surface area contributed by atoms with E-state index in [0.29, 0.717) is 66.9 Å². The summed E-state index contributed by atoms with van der Waals surface area (Å²) in [5.41, 5.74) is 6.77. The molecule has 414 valence electrons. The van der Waals surface area contributed by atoms with Gasteiger partial charge in [-0.15, -0.1) is 0 Å². The van der Waals surface area contributed by atoms with Gasteiger partial charge in [0.2, 0.25) is 36.4 Å². The minimum absolute atomic E-state index is 0.0799. The number of carbonyl (C=O) groups is 9. The molecule has 4 aromatic rings. The number of nitrogens with zero attached hydrogens (tertiary/aromatic N) is 4. The van der Waals surface area contributed by atoms with Gasteiger partial charge in [-0.25, -0.2) is 14.2 Å². The number of hydrogen-bond acceptors (Lipinski definition) is 13. The number of benzene rings is 2. The minimum Gasteiger partial charge on any atom is -0.458 e. The first kappa shape index (κ1) is 61.4. The third-order valence-corrected chi connectivity index (χ3v) is 12.6. The Morgan fingerprint density at radius 3 is 2.16 bits per heavy atom. The van der Waals surface area contributed by atoms with Crippen molar-refractivity contribution in [2.24, 2.45) is 0 Å². The van der Waals surface area contributed by atoms with Crippen molar-refractivity contribution in [3.8, 4) is 11.4 Å². The number of unbranched alkanes of at least 4 members (excludes halogenated alkanes) is 3. The molecule has 2 aromatic carbocycles. The number of imide groups is 1. The summed E-state index contributed by atoms with van der Waals surface area (Å²) < 4.78 is 21.1. The van der Waals surface area contributed by atoms with E-state index in [1.165, 1.54) is 40.9 Å². The fraction of sp³-hybridized carbons (Fsp3) is 0.436. The van der Waals surface area contributed by atoms with Crippen LogP contribution >= 0.6 is 0 Å². The minimum atomic E-state index is -1.48. The van der Waals surface area contributed by atoms with E-state index in [9.17, 15) is 57.4 Å². The molecular formula is C55H70FN9O12. The highest BCUT2D eigenvalue weighted by atomic mass is 19.1. The zero-order valence-electron chi connectivity index (χ0n) is 44.7. The normalized spacial score (nSPS) is 14.3. The summed E-state index contributed by atoms with van der Waals surface area (Å²) in [7, 11) is 3.27. The SMILES string of the molecule is CC.CCCCCCN1C(=O)C=CC1=O.CCNC(=O)C(Cc1ccccc1)NC(=O)CNC(=O)CNC=O.CN(C)C(=O)CNC=O.Cc1c(F)cc2nc3c(c4c2c1CCC4)Cn1c-3cc2c(c1=O)COC(=O)C2O. The molecule has 5 heterocycles. The lowest BCUT2D eigenvalue weighted by Gasteiger charge is -2.22. The number of fused-ring (bicyclic) bond motifs is 5. The molecule has 0 fully saturated rings. The number of aryl methyl sites for hydroxylation is 2. The molecule has 8 rings (SSSR count). The number of likely N-dealkylation sites (N-methyl/N-ethyl adjacent to an activating group) is 2. The number of aliphatic hydroxyl groups excluding tert-OH is 1. The zero-order chi connectivity index (χ0) is 56.8. The number of rotatable bonds is 18. The predicted octanol–water partition coefficient (Wildman–Crippen LogP) is 2.50. The molecule has 0 bridgehead atoms. The maximum Gasteiger partial charge on any atom is 0.340 e. The maximum absolute atomic E-state index is 14.5. The highest BCUT2D eigenvalue weighted by Gasteiger charge is 2.35. The van der Waals surface area contributed by atoms with Crippen molar-refractivity contribution in [1.29, 1.82) is 0 Å². The lowest BCUT2D eigenvalue weighted by molar-refractivity contribution is -0.157. The molecule has 3 aliphatic heterocycles. The molecule has 21 nitrogen and oxygen atoms in total. The fourth-order valence-electron chi connectivity index (χ4n) is 8.68. The summed E-state index contributed by atoms with van der Waals surface area (Å²) in [6, 6.07) is 11.7. The van der Waals surface area contributed by atoms with Crippen LogP contribution < -0.4 is 32.1 Å². The van der Waals surface area contributed by atoms with Gasteiger partial charge < -0.3 is 45.9 Å². The quantitative estimate of drug-likeness (QED) is 0.0319. The number of nitrogens with one attached hydrogen (secondary N) is 5. The van der Waals surface area contributed by atoms with Gasteiger partial charge in [0.05, 0.1) is 48.6 Å². The number of aliphatic hydroxyl groups is 1. The first-order valence-electron chi connectivity index (χ1n) is 25.7. The molecule has 77 heavy (non-hydrogen) atoms. The molecular weight excluding hydrogens is 998 g/mol. The van der Waals surface area contributed by atoms with Crippen LogP contribution in [0.5, 0.6) is 0 Å². The summed E-state index contributed by atoms with van der Waals surface area (Å²) in [6.07, 6.45) is 9.38. The second-order valence-corrected chi connectivity index (χ2v) is 18.0. The average molecular weight is 1070 g/mol. The van der Waals surface area contributed by atoms with E-state index in [4.69, 9.17) is 9.72 Å². The first-order valence-corrected chi connectivity index (χ1v) is 25.7. The van der Waals surface area contributed by atoms with E-state index in [-0.39, 0.29) is 66.8 Å². The van der Waals surface area contributed by atoms with Gasteiger partial charge in [0.25, 0.3) is 17.4 Å². The molecule has 0 spiro atoms.